The van der Waals surface area contributed by atoms with Crippen LogP contribution in [-0.4, -0.2) is 5.91 Å². The number of nitrogens with two attached hydrogens (primary N) is 1. The summed E-state index contributed by atoms with van der Waals surface area (Å²) in [6, 6.07) is 8.76. The lowest BCUT2D eigenvalue weighted by molar-refractivity contribution is 0.101. The molecule has 2 aromatic carbocycles. The number of halogens is 3. The lowest BCUT2D eigenvalue weighted by atomic mass is 10.1. The number of amides is 1. The van der Waals surface area contributed by atoms with E-state index in [1.807, 2.05) is 0 Å². The molecule has 2 aromatic rings. The smallest absolute Gasteiger partial charge is 0.261 e. The molecule has 0 aliphatic rings. The summed E-state index contributed by atoms with van der Waals surface area (Å²) < 4.78 is 27.8. The van der Waals surface area contributed by atoms with Crippen LogP contribution in [-0.2, 0) is 0 Å². The zero-order valence-corrected chi connectivity index (χ0v) is 11.2. The Morgan fingerprint density at radius 3 is 2.53 bits per heavy atom. The Labute approximate surface area is 116 Å². The fourth-order valence-corrected chi connectivity index (χ4v) is 1.91. The number of rotatable bonds is 2. The number of hydrogen-bond donors (Lipinski definition) is 2. The van der Waals surface area contributed by atoms with Crippen molar-refractivity contribution in [2.24, 2.45) is 0 Å². The van der Waals surface area contributed by atoms with Crippen LogP contribution in [0.1, 0.15) is 10.4 Å². The van der Waals surface area contributed by atoms with Crippen molar-refractivity contribution in [1.29, 1.82) is 0 Å². The summed E-state index contributed by atoms with van der Waals surface area (Å²) >= 11 is 3.22. The second kappa shape index (κ2) is 5.36. The van der Waals surface area contributed by atoms with E-state index in [1.54, 1.807) is 24.3 Å². The monoisotopic (exact) mass is 326 g/mol. The van der Waals surface area contributed by atoms with E-state index >= 15 is 0 Å². The Morgan fingerprint density at radius 2 is 1.84 bits per heavy atom. The van der Waals surface area contributed by atoms with Gasteiger partial charge in [0, 0.05) is 4.47 Å². The highest BCUT2D eigenvalue weighted by Crippen LogP contribution is 2.24. The van der Waals surface area contributed by atoms with Crippen molar-refractivity contribution in [3.63, 3.8) is 0 Å². The number of carbonyl (C=O) groups excluding carboxylic acids is 1. The first-order chi connectivity index (χ1) is 9.00. The van der Waals surface area contributed by atoms with Crippen LogP contribution in [0.4, 0.5) is 20.2 Å². The van der Waals surface area contributed by atoms with Crippen LogP contribution in [0.25, 0.3) is 0 Å². The third kappa shape index (κ3) is 2.73. The van der Waals surface area contributed by atoms with Crippen molar-refractivity contribution in [3.05, 3.63) is 58.1 Å². The Morgan fingerprint density at radius 1 is 1.16 bits per heavy atom. The molecular weight excluding hydrogens is 318 g/mol. The van der Waals surface area contributed by atoms with E-state index in [4.69, 9.17) is 5.73 Å². The summed E-state index contributed by atoms with van der Waals surface area (Å²) in [6.07, 6.45) is 0. The van der Waals surface area contributed by atoms with Crippen LogP contribution in [0.5, 0.6) is 0 Å². The third-order valence-corrected chi connectivity index (χ3v) is 3.16. The van der Waals surface area contributed by atoms with E-state index in [9.17, 15) is 13.6 Å². The highest BCUT2D eigenvalue weighted by atomic mass is 79.9. The predicted molar refractivity (Wildman–Crippen MR) is 72.9 cm³/mol. The first-order valence-electron chi connectivity index (χ1n) is 5.30. The van der Waals surface area contributed by atoms with Gasteiger partial charge in [0.2, 0.25) is 0 Å². The Bertz CT molecular complexity index is 647. The van der Waals surface area contributed by atoms with Crippen molar-refractivity contribution in [3.8, 4) is 0 Å². The maximum Gasteiger partial charge on any atom is 0.261 e. The average Bonchev–Trinajstić information content (AvgIpc) is 2.37. The molecule has 0 fully saturated rings. The second-order valence-electron chi connectivity index (χ2n) is 3.76. The summed E-state index contributed by atoms with van der Waals surface area (Å²) in [5.41, 5.74) is 4.75. The van der Waals surface area contributed by atoms with Crippen LogP contribution in [0.2, 0.25) is 0 Å². The predicted octanol–water partition coefficient (Wildman–Crippen LogP) is 3.56. The van der Waals surface area contributed by atoms with Gasteiger partial charge >= 0.3 is 0 Å². The molecule has 6 heteroatoms. The van der Waals surface area contributed by atoms with E-state index in [2.05, 4.69) is 21.2 Å². The van der Waals surface area contributed by atoms with Gasteiger partial charge in [-0.15, -0.1) is 0 Å². The lowest BCUT2D eigenvalue weighted by Crippen LogP contribution is -2.17. The molecule has 0 radical (unpaired) electrons. The molecule has 3 nitrogen and oxygen atoms in total. The van der Waals surface area contributed by atoms with Gasteiger partial charge in [-0.25, -0.2) is 8.78 Å². The minimum Gasteiger partial charge on any atom is -0.396 e. The number of nitrogen functional groups attached to an aromatic ring is 1. The van der Waals surface area contributed by atoms with Crippen molar-refractivity contribution in [2.75, 3.05) is 11.1 Å². The van der Waals surface area contributed by atoms with Crippen LogP contribution < -0.4 is 11.1 Å². The van der Waals surface area contributed by atoms with Crippen molar-refractivity contribution < 1.29 is 13.6 Å². The van der Waals surface area contributed by atoms with Crippen LogP contribution in [0, 0.1) is 11.6 Å². The zero-order valence-electron chi connectivity index (χ0n) is 9.58. The molecule has 0 aliphatic carbocycles. The minimum atomic E-state index is -1.07. The molecule has 1 amide bonds. The van der Waals surface area contributed by atoms with Gasteiger partial charge in [0.25, 0.3) is 5.91 Å². The molecular formula is C13H9BrF2N2O. The molecule has 0 atom stereocenters. The maximum absolute atomic E-state index is 13.7. The molecule has 0 aromatic heterocycles. The van der Waals surface area contributed by atoms with Gasteiger partial charge in [0.15, 0.2) is 5.82 Å². The molecule has 3 N–H and O–H groups in total. The number of carbonyl (C=O) groups is 1. The summed E-state index contributed by atoms with van der Waals surface area (Å²) in [5, 5.41) is 2.41. The third-order valence-electron chi connectivity index (χ3n) is 2.47. The van der Waals surface area contributed by atoms with Gasteiger partial charge in [-0.3, -0.25) is 4.79 Å². The molecule has 0 saturated heterocycles. The van der Waals surface area contributed by atoms with Crippen LogP contribution in [0.3, 0.4) is 0 Å². The number of benzene rings is 2. The quantitative estimate of drug-likeness (QED) is 0.829. The molecule has 0 saturated carbocycles. The van der Waals surface area contributed by atoms with Crippen LogP contribution in [0.15, 0.2) is 40.9 Å². The molecule has 0 unspecified atom stereocenters. The standard InChI is InChI=1S/C13H9BrF2N2O/c14-7-3-1-2-4-10(7)18-13(19)11-8(15)5-6-9(17)12(11)16/h1-6H,17H2,(H,18,19). The van der Waals surface area contributed by atoms with E-state index in [-0.39, 0.29) is 5.69 Å². The van der Waals surface area contributed by atoms with Crippen LogP contribution >= 0.6 is 15.9 Å². The van der Waals surface area contributed by atoms with Gasteiger partial charge in [-0.2, -0.15) is 0 Å². The zero-order chi connectivity index (χ0) is 14.0. The molecule has 0 heterocycles. The lowest BCUT2D eigenvalue weighted by Gasteiger charge is -2.09. The Kier molecular flexibility index (Phi) is 3.80. The highest BCUT2D eigenvalue weighted by molar-refractivity contribution is 9.10. The first-order valence-corrected chi connectivity index (χ1v) is 6.09. The van der Waals surface area contributed by atoms with Gasteiger partial charge in [-0.05, 0) is 40.2 Å². The maximum atomic E-state index is 13.7. The van der Waals surface area contributed by atoms with Gasteiger partial charge < -0.3 is 11.1 Å². The summed E-state index contributed by atoms with van der Waals surface area (Å²) in [5.74, 6) is -2.92. The van der Waals surface area contributed by atoms with Gasteiger partial charge in [0.1, 0.15) is 11.4 Å². The second-order valence-corrected chi connectivity index (χ2v) is 4.61. The molecule has 0 aliphatic heterocycles. The van der Waals surface area contributed by atoms with E-state index in [1.165, 1.54) is 0 Å². The molecule has 0 bridgehead atoms. The number of hydrogen-bond acceptors (Lipinski definition) is 2. The fourth-order valence-electron chi connectivity index (χ4n) is 1.52. The SMILES string of the molecule is Nc1ccc(F)c(C(=O)Nc2ccccc2Br)c1F. The van der Waals surface area contributed by atoms with Crippen molar-refractivity contribution in [2.45, 2.75) is 0 Å². The summed E-state index contributed by atoms with van der Waals surface area (Å²) in [4.78, 5) is 11.9. The Hall–Kier alpha value is -1.95. The molecule has 0 spiro atoms. The fraction of sp³-hybridized carbons (Fsp3) is 0. The largest absolute Gasteiger partial charge is 0.396 e. The van der Waals surface area contributed by atoms with Crippen molar-refractivity contribution >= 4 is 33.2 Å². The molecule has 98 valence electrons. The van der Waals surface area contributed by atoms with Gasteiger partial charge in [-0.1, -0.05) is 12.1 Å². The van der Waals surface area contributed by atoms with E-state index in [0.717, 1.165) is 12.1 Å². The number of para-hydroxylation sites is 1. The van der Waals surface area contributed by atoms with Crippen molar-refractivity contribution in [1.82, 2.24) is 0 Å². The highest BCUT2D eigenvalue weighted by Gasteiger charge is 2.20. The van der Waals surface area contributed by atoms with E-state index < -0.39 is 23.1 Å². The average molecular weight is 327 g/mol. The normalized spacial score (nSPS) is 10.3. The number of anilines is 2. The summed E-state index contributed by atoms with van der Waals surface area (Å²) in [7, 11) is 0. The minimum absolute atomic E-state index is 0.279. The first kappa shape index (κ1) is 13.5. The van der Waals surface area contributed by atoms with Gasteiger partial charge in [0.05, 0.1) is 11.4 Å². The molecule has 2 rings (SSSR count). The molecule has 19 heavy (non-hydrogen) atoms. The van der Waals surface area contributed by atoms with E-state index in [0.29, 0.717) is 10.2 Å². The Balaban J connectivity index is 2.36. The summed E-state index contributed by atoms with van der Waals surface area (Å²) in [6.45, 7) is 0. The topological polar surface area (TPSA) is 55.1 Å². The number of nitrogens with one attached hydrogen (secondary N) is 1.